The third-order valence-corrected chi connectivity index (χ3v) is 3.95. The number of aliphatic carboxylic acids is 1. The Labute approximate surface area is 125 Å². The predicted molar refractivity (Wildman–Crippen MR) is 82.7 cm³/mol. The van der Waals surface area contributed by atoms with E-state index in [0.29, 0.717) is 19.4 Å². The molecule has 0 saturated carbocycles. The molecular weight excluding hydrogens is 268 g/mol. The topological polar surface area (TPSA) is 69.6 Å². The molecule has 0 unspecified atom stereocenters. The molecule has 0 bridgehead atoms. The van der Waals surface area contributed by atoms with Gasteiger partial charge in [-0.3, -0.25) is 4.79 Å². The van der Waals surface area contributed by atoms with Crippen molar-refractivity contribution >= 4 is 17.6 Å². The van der Waals surface area contributed by atoms with E-state index in [1.807, 2.05) is 23.9 Å². The molecule has 0 spiro atoms. The van der Waals surface area contributed by atoms with Crippen molar-refractivity contribution in [1.82, 2.24) is 9.97 Å². The molecular formula is C15H22N4O2. The normalized spacial score (nSPS) is 21.9. The predicted octanol–water partition coefficient (Wildman–Crippen LogP) is 1.79. The average molecular weight is 290 g/mol. The third kappa shape index (κ3) is 2.99. The van der Waals surface area contributed by atoms with Gasteiger partial charge in [-0.1, -0.05) is 6.08 Å². The number of piperidine rings is 1. The molecule has 1 aliphatic rings. The Morgan fingerprint density at radius 2 is 2.24 bits per heavy atom. The number of carbonyl (C=O) groups is 1. The zero-order chi connectivity index (χ0) is 15.5. The van der Waals surface area contributed by atoms with Crippen LogP contribution in [-0.4, -0.2) is 48.2 Å². The van der Waals surface area contributed by atoms with Crippen molar-refractivity contribution in [2.24, 2.45) is 5.41 Å². The summed E-state index contributed by atoms with van der Waals surface area (Å²) >= 11 is 0. The Hall–Kier alpha value is -2.11. The maximum absolute atomic E-state index is 11.7. The van der Waals surface area contributed by atoms with Crippen molar-refractivity contribution in [3.05, 3.63) is 25.0 Å². The summed E-state index contributed by atoms with van der Waals surface area (Å²) in [6, 6.07) is 0. The smallest absolute Gasteiger partial charge is 0.311 e. The molecule has 2 heterocycles. The maximum atomic E-state index is 11.7. The van der Waals surface area contributed by atoms with Gasteiger partial charge in [-0.15, -0.1) is 6.58 Å². The summed E-state index contributed by atoms with van der Waals surface area (Å²) < 4.78 is 0. The SMILES string of the molecule is C=CC[C@]1(C(=O)O)CCCN(c2nccnc2N(C)C)C1. The number of aromatic nitrogens is 2. The number of nitrogens with zero attached hydrogens (tertiary/aromatic N) is 4. The van der Waals surface area contributed by atoms with Gasteiger partial charge < -0.3 is 14.9 Å². The highest BCUT2D eigenvalue weighted by atomic mass is 16.4. The average Bonchev–Trinajstić information content (AvgIpc) is 2.47. The standard InChI is InChI=1S/C15H22N4O2/c1-4-6-15(14(20)21)7-5-10-19(11-15)13-12(18(2)3)16-8-9-17-13/h4,8-9H,1,5-7,10-11H2,2-3H3,(H,20,21)/t15-/m0/s1. The minimum absolute atomic E-state index is 0.438. The summed E-state index contributed by atoms with van der Waals surface area (Å²) in [6.07, 6.45) is 6.95. The highest BCUT2D eigenvalue weighted by Crippen LogP contribution is 2.37. The first-order valence-corrected chi connectivity index (χ1v) is 7.08. The molecule has 114 valence electrons. The molecule has 1 saturated heterocycles. The highest BCUT2D eigenvalue weighted by Gasteiger charge is 2.42. The molecule has 6 heteroatoms. The Morgan fingerprint density at radius 1 is 1.52 bits per heavy atom. The van der Waals surface area contributed by atoms with Gasteiger partial charge >= 0.3 is 5.97 Å². The Kier molecular flexibility index (Phi) is 4.45. The summed E-state index contributed by atoms with van der Waals surface area (Å²) in [6.45, 7) is 4.94. The van der Waals surface area contributed by atoms with Crippen LogP contribution in [0.15, 0.2) is 25.0 Å². The van der Waals surface area contributed by atoms with Gasteiger partial charge in [0.25, 0.3) is 0 Å². The first-order valence-electron chi connectivity index (χ1n) is 7.08. The van der Waals surface area contributed by atoms with Crippen LogP contribution in [0, 0.1) is 5.41 Å². The summed E-state index contributed by atoms with van der Waals surface area (Å²) in [7, 11) is 3.82. The van der Waals surface area contributed by atoms with Gasteiger partial charge in [-0.05, 0) is 19.3 Å². The van der Waals surface area contributed by atoms with E-state index in [-0.39, 0.29) is 0 Å². The third-order valence-electron chi connectivity index (χ3n) is 3.95. The molecule has 1 aromatic heterocycles. The minimum atomic E-state index is -0.777. The molecule has 1 N–H and O–H groups in total. The van der Waals surface area contributed by atoms with Crippen molar-refractivity contribution in [2.45, 2.75) is 19.3 Å². The molecule has 1 aliphatic heterocycles. The lowest BCUT2D eigenvalue weighted by Gasteiger charge is -2.40. The van der Waals surface area contributed by atoms with E-state index >= 15 is 0 Å². The first-order chi connectivity index (χ1) is 10.00. The van der Waals surface area contributed by atoms with Gasteiger partial charge in [0.05, 0.1) is 5.41 Å². The lowest BCUT2D eigenvalue weighted by Crippen LogP contribution is -2.48. The van der Waals surface area contributed by atoms with Crippen LogP contribution in [-0.2, 0) is 4.79 Å². The van der Waals surface area contributed by atoms with E-state index in [1.165, 1.54) is 0 Å². The van der Waals surface area contributed by atoms with Gasteiger partial charge in [0.1, 0.15) is 0 Å². The summed E-state index contributed by atoms with van der Waals surface area (Å²) in [4.78, 5) is 24.4. The number of hydrogen-bond donors (Lipinski definition) is 1. The lowest BCUT2D eigenvalue weighted by molar-refractivity contribution is -0.149. The molecule has 1 aromatic rings. The molecule has 0 aliphatic carbocycles. The van der Waals surface area contributed by atoms with Crippen molar-refractivity contribution in [1.29, 1.82) is 0 Å². The minimum Gasteiger partial charge on any atom is -0.481 e. The zero-order valence-corrected chi connectivity index (χ0v) is 12.6. The number of anilines is 2. The van der Waals surface area contributed by atoms with E-state index in [9.17, 15) is 9.90 Å². The van der Waals surface area contributed by atoms with E-state index in [2.05, 4.69) is 16.5 Å². The van der Waals surface area contributed by atoms with E-state index < -0.39 is 11.4 Å². The molecule has 0 radical (unpaired) electrons. The van der Waals surface area contributed by atoms with Crippen LogP contribution in [0.4, 0.5) is 11.6 Å². The quantitative estimate of drug-likeness (QED) is 0.834. The van der Waals surface area contributed by atoms with Gasteiger partial charge in [-0.25, -0.2) is 9.97 Å². The number of carboxylic acid groups (broad SMARTS) is 1. The summed E-state index contributed by atoms with van der Waals surface area (Å²) in [5, 5.41) is 9.64. The maximum Gasteiger partial charge on any atom is 0.311 e. The Morgan fingerprint density at radius 3 is 2.86 bits per heavy atom. The summed E-state index contributed by atoms with van der Waals surface area (Å²) in [5.41, 5.74) is -0.777. The highest BCUT2D eigenvalue weighted by molar-refractivity contribution is 5.77. The molecule has 21 heavy (non-hydrogen) atoms. The van der Waals surface area contributed by atoms with Crippen LogP contribution in [0.5, 0.6) is 0 Å². The molecule has 6 nitrogen and oxygen atoms in total. The lowest BCUT2D eigenvalue weighted by atomic mass is 9.77. The van der Waals surface area contributed by atoms with Crippen LogP contribution in [0.3, 0.4) is 0 Å². The van der Waals surface area contributed by atoms with Crippen LogP contribution in [0.2, 0.25) is 0 Å². The molecule has 0 amide bonds. The van der Waals surface area contributed by atoms with Crippen LogP contribution in [0.25, 0.3) is 0 Å². The van der Waals surface area contributed by atoms with Crippen LogP contribution in [0.1, 0.15) is 19.3 Å². The Balaban J connectivity index is 2.33. The van der Waals surface area contributed by atoms with Gasteiger partial charge in [0.2, 0.25) is 0 Å². The first kappa shape index (κ1) is 15.3. The fourth-order valence-electron chi connectivity index (χ4n) is 2.88. The largest absolute Gasteiger partial charge is 0.481 e. The second-order valence-corrected chi connectivity index (χ2v) is 5.70. The molecule has 1 fully saturated rings. The van der Waals surface area contributed by atoms with Gasteiger partial charge in [0.15, 0.2) is 11.6 Å². The number of rotatable bonds is 5. The molecule has 0 aromatic carbocycles. The summed E-state index contributed by atoms with van der Waals surface area (Å²) in [5.74, 6) is 0.747. The van der Waals surface area contributed by atoms with Gasteiger partial charge in [-0.2, -0.15) is 0 Å². The number of carboxylic acids is 1. The zero-order valence-electron chi connectivity index (χ0n) is 12.6. The van der Waals surface area contributed by atoms with Crippen molar-refractivity contribution < 1.29 is 9.90 Å². The van der Waals surface area contributed by atoms with Crippen molar-refractivity contribution in [2.75, 3.05) is 37.0 Å². The monoisotopic (exact) mass is 290 g/mol. The van der Waals surface area contributed by atoms with E-state index in [0.717, 1.165) is 24.6 Å². The second kappa shape index (κ2) is 6.11. The van der Waals surface area contributed by atoms with Crippen molar-refractivity contribution in [3.8, 4) is 0 Å². The Bertz CT molecular complexity index is 532. The van der Waals surface area contributed by atoms with E-state index in [4.69, 9.17) is 0 Å². The van der Waals surface area contributed by atoms with E-state index in [1.54, 1.807) is 18.5 Å². The molecule has 2 rings (SSSR count). The fraction of sp³-hybridized carbons (Fsp3) is 0.533. The molecule has 1 atom stereocenters. The van der Waals surface area contributed by atoms with Gasteiger partial charge in [0, 0.05) is 39.6 Å². The number of allylic oxidation sites excluding steroid dienone is 1. The second-order valence-electron chi connectivity index (χ2n) is 5.70. The fourth-order valence-corrected chi connectivity index (χ4v) is 2.88. The number of hydrogen-bond acceptors (Lipinski definition) is 5. The van der Waals surface area contributed by atoms with Crippen LogP contribution < -0.4 is 9.80 Å². The van der Waals surface area contributed by atoms with Crippen LogP contribution >= 0.6 is 0 Å². The van der Waals surface area contributed by atoms with Crippen molar-refractivity contribution in [3.63, 3.8) is 0 Å².